The molecule has 0 spiro atoms. The summed E-state index contributed by atoms with van der Waals surface area (Å²) in [5.74, 6) is 1.47. The van der Waals surface area contributed by atoms with Crippen LogP contribution in [-0.4, -0.2) is 31.0 Å². The summed E-state index contributed by atoms with van der Waals surface area (Å²) in [7, 11) is 7.00. The third-order valence-corrected chi connectivity index (χ3v) is 3.50. The van der Waals surface area contributed by atoms with Crippen LogP contribution in [0.4, 0.5) is 0 Å². The third-order valence-electron chi connectivity index (χ3n) is 3.21. The van der Waals surface area contributed by atoms with Gasteiger partial charge in [-0.25, -0.2) is 0 Å². The van der Waals surface area contributed by atoms with E-state index in [1.165, 1.54) is 0 Å². The van der Waals surface area contributed by atoms with Gasteiger partial charge in [0, 0.05) is 13.1 Å². The number of nitrogens with one attached hydrogen (secondary N) is 1. The molecule has 1 N–H and O–H groups in total. The summed E-state index contributed by atoms with van der Waals surface area (Å²) in [5, 5.41) is 8.05. The second kappa shape index (κ2) is 6.15. The van der Waals surface area contributed by atoms with Gasteiger partial charge in [-0.1, -0.05) is 11.6 Å². The van der Waals surface area contributed by atoms with Crippen molar-refractivity contribution in [3.8, 4) is 11.5 Å². The molecule has 0 saturated heterocycles. The van der Waals surface area contributed by atoms with Gasteiger partial charge in [-0.05, 0) is 24.7 Å². The van der Waals surface area contributed by atoms with Crippen LogP contribution in [0.25, 0.3) is 0 Å². The van der Waals surface area contributed by atoms with Gasteiger partial charge in [0.2, 0.25) is 0 Å². The van der Waals surface area contributed by atoms with Crippen molar-refractivity contribution < 1.29 is 9.47 Å². The summed E-state index contributed by atoms with van der Waals surface area (Å²) in [6.07, 6.45) is 1.64. The summed E-state index contributed by atoms with van der Waals surface area (Å²) >= 11 is 6.23. The normalized spacial score (nSPS) is 12.2. The fourth-order valence-corrected chi connectivity index (χ4v) is 2.48. The van der Waals surface area contributed by atoms with Gasteiger partial charge in [0.25, 0.3) is 0 Å². The van der Waals surface area contributed by atoms with Crippen LogP contribution in [0.3, 0.4) is 0 Å². The molecule has 1 heterocycles. The van der Waals surface area contributed by atoms with E-state index in [-0.39, 0.29) is 6.04 Å². The summed E-state index contributed by atoms with van der Waals surface area (Å²) in [4.78, 5) is 0. The average Bonchev–Trinajstić information content (AvgIpc) is 2.80. The van der Waals surface area contributed by atoms with Crippen LogP contribution >= 0.6 is 11.6 Å². The van der Waals surface area contributed by atoms with E-state index in [1.807, 2.05) is 32.3 Å². The Hall–Kier alpha value is -1.72. The van der Waals surface area contributed by atoms with Gasteiger partial charge in [0.1, 0.15) is 11.5 Å². The molecule has 0 saturated carbocycles. The Kier molecular flexibility index (Phi) is 4.52. The molecule has 1 unspecified atom stereocenters. The number of rotatable bonds is 5. The lowest BCUT2D eigenvalue weighted by atomic mass is 10.0. The molecule has 1 aromatic carbocycles. The van der Waals surface area contributed by atoms with E-state index in [2.05, 4.69) is 10.4 Å². The van der Waals surface area contributed by atoms with Crippen LogP contribution in [0.5, 0.6) is 11.5 Å². The first-order valence-electron chi connectivity index (χ1n) is 6.18. The summed E-state index contributed by atoms with van der Waals surface area (Å²) in [6, 6.07) is 5.64. The maximum absolute atomic E-state index is 6.23. The number of hydrogen-bond acceptors (Lipinski definition) is 4. The number of hydrogen-bond donors (Lipinski definition) is 1. The van der Waals surface area contributed by atoms with Crippen LogP contribution in [0.1, 0.15) is 17.3 Å². The molecule has 0 radical (unpaired) electrons. The lowest BCUT2D eigenvalue weighted by Crippen LogP contribution is -2.21. The number of ether oxygens (including phenoxy) is 2. The molecule has 6 heteroatoms. The van der Waals surface area contributed by atoms with Crippen molar-refractivity contribution in [2.24, 2.45) is 7.05 Å². The molecule has 0 bridgehead atoms. The zero-order valence-electron chi connectivity index (χ0n) is 12.0. The average molecular weight is 296 g/mol. The molecule has 2 aromatic rings. The molecule has 0 aliphatic heterocycles. The van der Waals surface area contributed by atoms with Crippen LogP contribution in [0.2, 0.25) is 5.02 Å². The predicted octanol–water partition coefficient (Wildman–Crippen LogP) is 2.40. The summed E-state index contributed by atoms with van der Waals surface area (Å²) in [5.41, 5.74) is 1.89. The van der Waals surface area contributed by atoms with Gasteiger partial charge in [0.05, 0.1) is 37.2 Å². The Labute approximate surface area is 123 Å². The molecular formula is C14H18ClN3O2. The van der Waals surface area contributed by atoms with E-state index in [0.29, 0.717) is 5.02 Å². The number of aryl methyl sites for hydroxylation is 1. The van der Waals surface area contributed by atoms with Crippen molar-refractivity contribution in [1.82, 2.24) is 15.1 Å². The van der Waals surface area contributed by atoms with Crippen molar-refractivity contribution in [2.45, 2.75) is 6.04 Å². The van der Waals surface area contributed by atoms with Crippen molar-refractivity contribution in [2.75, 3.05) is 21.3 Å². The van der Waals surface area contributed by atoms with E-state index in [9.17, 15) is 0 Å². The number of methoxy groups -OCH3 is 2. The maximum atomic E-state index is 6.23. The lowest BCUT2D eigenvalue weighted by Gasteiger charge is -2.19. The van der Waals surface area contributed by atoms with Crippen LogP contribution < -0.4 is 14.8 Å². The molecule has 1 aromatic heterocycles. The van der Waals surface area contributed by atoms with Gasteiger partial charge >= 0.3 is 0 Å². The quantitative estimate of drug-likeness (QED) is 0.920. The Balaban J connectivity index is 2.52. The minimum atomic E-state index is -0.0981. The lowest BCUT2D eigenvalue weighted by molar-refractivity contribution is 0.392. The molecule has 0 amide bonds. The number of benzene rings is 1. The van der Waals surface area contributed by atoms with E-state index < -0.39 is 0 Å². The summed E-state index contributed by atoms with van der Waals surface area (Å²) in [6.45, 7) is 0. The van der Waals surface area contributed by atoms with Crippen molar-refractivity contribution in [1.29, 1.82) is 0 Å². The third kappa shape index (κ3) is 2.73. The standard InChI is InChI=1S/C14H18ClN3O2/c1-16-13(14-12(15)8-17-18(14)2)9-5-10(19-3)7-11(6-9)20-4/h5-8,13,16H,1-4H3. The van der Waals surface area contributed by atoms with Crippen LogP contribution in [0.15, 0.2) is 24.4 Å². The van der Waals surface area contributed by atoms with E-state index in [4.69, 9.17) is 21.1 Å². The monoisotopic (exact) mass is 295 g/mol. The highest BCUT2D eigenvalue weighted by Gasteiger charge is 2.20. The molecule has 108 valence electrons. The smallest absolute Gasteiger partial charge is 0.122 e. The molecular weight excluding hydrogens is 278 g/mol. The first-order valence-corrected chi connectivity index (χ1v) is 6.56. The van der Waals surface area contributed by atoms with Gasteiger partial charge in [0.15, 0.2) is 0 Å². The Morgan fingerprint density at radius 2 is 1.80 bits per heavy atom. The zero-order valence-corrected chi connectivity index (χ0v) is 12.7. The SMILES string of the molecule is CNC(c1cc(OC)cc(OC)c1)c1c(Cl)cnn1C. The largest absolute Gasteiger partial charge is 0.497 e. The van der Waals surface area contributed by atoms with E-state index >= 15 is 0 Å². The second-order valence-corrected chi connectivity index (χ2v) is 4.78. The van der Waals surface area contributed by atoms with Crippen molar-refractivity contribution >= 4 is 11.6 Å². The fourth-order valence-electron chi connectivity index (χ4n) is 2.20. The Morgan fingerprint density at radius 3 is 2.20 bits per heavy atom. The predicted molar refractivity (Wildman–Crippen MR) is 78.7 cm³/mol. The number of halogens is 1. The Bertz CT molecular complexity index is 556. The van der Waals surface area contributed by atoms with E-state index in [0.717, 1.165) is 22.8 Å². The van der Waals surface area contributed by atoms with Gasteiger partial charge < -0.3 is 14.8 Å². The maximum Gasteiger partial charge on any atom is 0.122 e. The molecule has 20 heavy (non-hydrogen) atoms. The minimum absolute atomic E-state index is 0.0981. The highest BCUT2D eigenvalue weighted by atomic mass is 35.5. The van der Waals surface area contributed by atoms with E-state index in [1.54, 1.807) is 25.1 Å². The van der Waals surface area contributed by atoms with Crippen molar-refractivity contribution in [3.05, 3.63) is 40.7 Å². The first kappa shape index (κ1) is 14.7. The zero-order chi connectivity index (χ0) is 14.7. The van der Waals surface area contributed by atoms with Gasteiger partial charge in [-0.2, -0.15) is 5.10 Å². The Morgan fingerprint density at radius 1 is 1.20 bits per heavy atom. The van der Waals surface area contributed by atoms with Crippen LogP contribution in [0, 0.1) is 0 Å². The number of aromatic nitrogens is 2. The summed E-state index contributed by atoms with van der Waals surface area (Å²) < 4.78 is 12.4. The first-order chi connectivity index (χ1) is 9.60. The second-order valence-electron chi connectivity index (χ2n) is 4.37. The number of nitrogens with zero attached hydrogens (tertiary/aromatic N) is 2. The molecule has 0 aliphatic rings. The molecule has 0 fully saturated rings. The topological polar surface area (TPSA) is 48.3 Å². The van der Waals surface area contributed by atoms with Crippen LogP contribution in [-0.2, 0) is 7.05 Å². The molecule has 1 atom stereocenters. The highest BCUT2D eigenvalue weighted by molar-refractivity contribution is 6.31. The highest BCUT2D eigenvalue weighted by Crippen LogP contribution is 2.32. The molecule has 0 aliphatic carbocycles. The fraction of sp³-hybridized carbons (Fsp3) is 0.357. The van der Waals surface area contributed by atoms with Crippen molar-refractivity contribution in [3.63, 3.8) is 0 Å². The molecule has 5 nitrogen and oxygen atoms in total. The van der Waals surface area contributed by atoms with Gasteiger partial charge in [-0.15, -0.1) is 0 Å². The van der Waals surface area contributed by atoms with Gasteiger partial charge in [-0.3, -0.25) is 4.68 Å². The minimum Gasteiger partial charge on any atom is -0.497 e. The molecule has 2 rings (SSSR count).